The summed E-state index contributed by atoms with van der Waals surface area (Å²) >= 11 is 0. The summed E-state index contributed by atoms with van der Waals surface area (Å²) in [5.74, 6) is -0.0558. The van der Waals surface area contributed by atoms with Crippen molar-refractivity contribution in [2.24, 2.45) is 5.92 Å². The number of nitrogens with one attached hydrogen (secondary N) is 1. The van der Waals surface area contributed by atoms with Crippen LogP contribution in [0.2, 0.25) is 0 Å². The first-order chi connectivity index (χ1) is 12.2. The molecule has 0 radical (unpaired) electrons. The van der Waals surface area contributed by atoms with E-state index in [9.17, 15) is 21.6 Å². The maximum absolute atomic E-state index is 12.4. The van der Waals surface area contributed by atoms with E-state index in [1.165, 1.54) is 4.31 Å². The lowest BCUT2D eigenvalue weighted by Gasteiger charge is -2.18. The van der Waals surface area contributed by atoms with Gasteiger partial charge in [-0.25, -0.2) is 16.8 Å². The van der Waals surface area contributed by atoms with Crippen LogP contribution in [-0.4, -0.2) is 51.6 Å². The van der Waals surface area contributed by atoms with Gasteiger partial charge in [-0.3, -0.25) is 4.79 Å². The van der Waals surface area contributed by atoms with Gasteiger partial charge in [-0.15, -0.1) is 0 Å². The molecule has 1 aliphatic heterocycles. The smallest absolute Gasteiger partial charge is 0.243 e. The second kappa shape index (κ2) is 8.49. The summed E-state index contributed by atoms with van der Waals surface area (Å²) in [5, 5.41) is 2.76. The lowest BCUT2D eigenvalue weighted by Crippen LogP contribution is -2.30. The summed E-state index contributed by atoms with van der Waals surface area (Å²) in [7, 11) is -6.47. The van der Waals surface area contributed by atoms with Gasteiger partial charge in [0.15, 0.2) is 9.84 Å². The van der Waals surface area contributed by atoms with Gasteiger partial charge in [0.25, 0.3) is 0 Å². The molecule has 0 spiro atoms. The fourth-order valence-corrected chi connectivity index (χ4v) is 6.38. The van der Waals surface area contributed by atoms with Crippen LogP contribution in [0.5, 0.6) is 0 Å². The first-order valence-corrected chi connectivity index (χ1v) is 12.0. The van der Waals surface area contributed by atoms with E-state index in [4.69, 9.17) is 0 Å². The van der Waals surface area contributed by atoms with Crippen LogP contribution in [0.4, 0.5) is 0 Å². The zero-order chi connectivity index (χ0) is 19.4. The van der Waals surface area contributed by atoms with Crippen LogP contribution in [-0.2, 0) is 31.2 Å². The van der Waals surface area contributed by atoms with E-state index in [2.05, 4.69) is 5.32 Å². The van der Waals surface area contributed by atoms with E-state index in [0.717, 1.165) is 5.56 Å². The van der Waals surface area contributed by atoms with Crippen LogP contribution in [0, 0.1) is 5.92 Å². The van der Waals surface area contributed by atoms with E-state index in [1.807, 2.05) is 0 Å². The van der Waals surface area contributed by atoms with E-state index in [0.29, 0.717) is 19.5 Å². The number of hydrogen-bond acceptors (Lipinski definition) is 5. The third-order valence-corrected chi connectivity index (χ3v) is 8.46. The van der Waals surface area contributed by atoms with Crippen molar-refractivity contribution in [3.05, 3.63) is 29.8 Å². The van der Waals surface area contributed by atoms with E-state index < -0.39 is 19.9 Å². The second-order valence-electron chi connectivity index (χ2n) is 6.48. The topological polar surface area (TPSA) is 101 Å². The van der Waals surface area contributed by atoms with Crippen molar-refractivity contribution in [1.29, 1.82) is 0 Å². The molecule has 1 aromatic carbocycles. The molecule has 9 heteroatoms. The van der Waals surface area contributed by atoms with Crippen LogP contribution < -0.4 is 5.32 Å². The molecule has 1 atom stereocenters. The zero-order valence-electron chi connectivity index (χ0n) is 15.1. The number of amides is 1. The molecule has 1 heterocycles. The molecule has 0 bridgehead atoms. The molecule has 1 N–H and O–H groups in total. The van der Waals surface area contributed by atoms with Crippen molar-refractivity contribution in [1.82, 2.24) is 9.62 Å². The number of sulfone groups is 1. The highest BCUT2D eigenvalue weighted by Gasteiger charge is 2.29. The molecule has 2 rings (SSSR count). The lowest BCUT2D eigenvalue weighted by atomic mass is 10.1. The minimum atomic E-state index is -3.49. The average Bonchev–Trinajstić information content (AvgIpc) is 2.92. The highest BCUT2D eigenvalue weighted by Crippen LogP contribution is 2.21. The van der Waals surface area contributed by atoms with Crippen molar-refractivity contribution in [3.8, 4) is 0 Å². The molecule has 1 aromatic rings. The Hall–Kier alpha value is -1.45. The fourth-order valence-electron chi connectivity index (χ4n) is 3.06. The van der Waals surface area contributed by atoms with Crippen LogP contribution in [0.1, 0.15) is 32.3 Å². The SMILES string of the molecule is CCN(CC)S(=O)(=O)c1ccc(CNC(=O)C[C@H]2CCS(=O)(=O)C2)cc1. The first-order valence-electron chi connectivity index (χ1n) is 8.74. The highest BCUT2D eigenvalue weighted by atomic mass is 32.2. The molecule has 0 saturated carbocycles. The predicted octanol–water partition coefficient (Wildman–Crippen LogP) is 1.16. The van der Waals surface area contributed by atoms with E-state index in [-0.39, 0.29) is 41.2 Å². The Morgan fingerprint density at radius 1 is 1.19 bits per heavy atom. The maximum atomic E-state index is 12.4. The van der Waals surface area contributed by atoms with Crippen molar-refractivity contribution < 1.29 is 21.6 Å². The van der Waals surface area contributed by atoms with Crippen molar-refractivity contribution >= 4 is 25.8 Å². The molecule has 146 valence electrons. The molecule has 7 nitrogen and oxygen atoms in total. The molecule has 1 fully saturated rings. The molecule has 0 aromatic heterocycles. The summed E-state index contributed by atoms with van der Waals surface area (Å²) in [6.07, 6.45) is 0.737. The Labute approximate surface area is 155 Å². The van der Waals surface area contributed by atoms with Crippen LogP contribution in [0.3, 0.4) is 0 Å². The quantitative estimate of drug-likeness (QED) is 0.703. The normalized spacial score (nSPS) is 19.6. The van der Waals surface area contributed by atoms with Crippen LogP contribution in [0.25, 0.3) is 0 Å². The van der Waals surface area contributed by atoms with Gasteiger partial charge in [0.05, 0.1) is 16.4 Å². The van der Waals surface area contributed by atoms with Gasteiger partial charge in [0, 0.05) is 26.1 Å². The highest BCUT2D eigenvalue weighted by molar-refractivity contribution is 7.91. The first kappa shape index (κ1) is 20.9. The molecule has 26 heavy (non-hydrogen) atoms. The van der Waals surface area contributed by atoms with Crippen molar-refractivity contribution in [2.75, 3.05) is 24.6 Å². The Morgan fingerprint density at radius 2 is 1.81 bits per heavy atom. The Morgan fingerprint density at radius 3 is 2.31 bits per heavy atom. The largest absolute Gasteiger partial charge is 0.352 e. The minimum Gasteiger partial charge on any atom is -0.352 e. The van der Waals surface area contributed by atoms with Crippen molar-refractivity contribution in [2.45, 2.75) is 38.1 Å². The summed E-state index contributed by atoms with van der Waals surface area (Å²) in [6.45, 7) is 4.69. The van der Waals surface area contributed by atoms with Gasteiger partial charge in [-0.1, -0.05) is 26.0 Å². The van der Waals surface area contributed by atoms with Gasteiger partial charge < -0.3 is 5.32 Å². The molecule has 1 aliphatic rings. The van der Waals surface area contributed by atoms with E-state index in [1.54, 1.807) is 38.1 Å². The summed E-state index contributed by atoms with van der Waals surface area (Å²) < 4.78 is 49.1. The zero-order valence-corrected chi connectivity index (χ0v) is 16.8. The lowest BCUT2D eigenvalue weighted by molar-refractivity contribution is -0.122. The van der Waals surface area contributed by atoms with Crippen LogP contribution >= 0.6 is 0 Å². The van der Waals surface area contributed by atoms with E-state index >= 15 is 0 Å². The molecule has 0 unspecified atom stereocenters. The molecular formula is C17H26N2O5S2. The molecular weight excluding hydrogens is 376 g/mol. The Bertz CT molecular complexity index is 828. The third-order valence-electron chi connectivity index (χ3n) is 4.56. The van der Waals surface area contributed by atoms with Gasteiger partial charge in [0.1, 0.15) is 0 Å². The second-order valence-corrected chi connectivity index (χ2v) is 10.6. The number of sulfonamides is 1. The number of hydrogen-bond donors (Lipinski definition) is 1. The fraction of sp³-hybridized carbons (Fsp3) is 0.588. The Kier molecular flexibility index (Phi) is 6.81. The van der Waals surface area contributed by atoms with Gasteiger partial charge >= 0.3 is 0 Å². The summed E-state index contributed by atoms with van der Waals surface area (Å²) in [5.41, 5.74) is 0.788. The number of benzene rings is 1. The third kappa shape index (κ3) is 5.28. The predicted molar refractivity (Wildman–Crippen MR) is 99.8 cm³/mol. The molecule has 1 amide bonds. The maximum Gasteiger partial charge on any atom is 0.243 e. The minimum absolute atomic E-state index is 0.0817. The summed E-state index contributed by atoms with van der Waals surface area (Å²) in [6, 6.07) is 6.44. The number of carbonyl (C=O) groups excluding carboxylic acids is 1. The standard InChI is InChI=1S/C17H26N2O5S2/c1-3-19(4-2)26(23,24)16-7-5-14(6-8-16)12-18-17(20)11-15-9-10-25(21,22)13-15/h5-8,15H,3-4,9-13H2,1-2H3,(H,18,20)/t15-/m1/s1. The summed E-state index contributed by atoms with van der Waals surface area (Å²) in [4.78, 5) is 12.2. The van der Waals surface area contributed by atoms with Gasteiger partial charge in [0.2, 0.25) is 15.9 Å². The number of nitrogens with zero attached hydrogens (tertiary/aromatic N) is 1. The van der Waals surface area contributed by atoms with Crippen molar-refractivity contribution in [3.63, 3.8) is 0 Å². The number of rotatable bonds is 8. The number of carbonyl (C=O) groups is 1. The molecule has 1 saturated heterocycles. The average molecular weight is 403 g/mol. The Balaban J connectivity index is 1.90. The monoisotopic (exact) mass is 402 g/mol. The van der Waals surface area contributed by atoms with Crippen LogP contribution in [0.15, 0.2) is 29.2 Å². The van der Waals surface area contributed by atoms with Gasteiger partial charge in [-0.05, 0) is 30.0 Å². The molecule has 0 aliphatic carbocycles. The van der Waals surface area contributed by atoms with Gasteiger partial charge in [-0.2, -0.15) is 4.31 Å².